The molecule has 1 atom stereocenters. The largest absolute Gasteiger partial charge is 0.497 e. The van der Waals surface area contributed by atoms with Crippen LogP contribution in [0, 0.1) is 0 Å². The molecule has 0 saturated carbocycles. The summed E-state index contributed by atoms with van der Waals surface area (Å²) in [4.78, 5) is 12.6. The Balaban J connectivity index is 2.19. The third kappa shape index (κ3) is 4.76. The molecule has 2 rings (SSSR count). The van der Waals surface area contributed by atoms with Gasteiger partial charge in [0.15, 0.2) is 0 Å². The predicted molar refractivity (Wildman–Crippen MR) is 103 cm³/mol. The summed E-state index contributed by atoms with van der Waals surface area (Å²) in [6.07, 6.45) is 1.84. The minimum absolute atomic E-state index is 0.148. The Hall–Kier alpha value is -2.54. The zero-order valence-electron chi connectivity index (χ0n) is 15.4. The molecule has 2 aromatic carbocycles. The normalized spacial score (nSPS) is 12.3. The van der Waals surface area contributed by atoms with Crippen molar-refractivity contribution in [2.24, 2.45) is 0 Å². The number of amides is 1. The van der Waals surface area contributed by atoms with Crippen LogP contribution in [0.3, 0.4) is 0 Å². The van der Waals surface area contributed by atoms with Gasteiger partial charge < -0.3 is 10.1 Å². The summed E-state index contributed by atoms with van der Waals surface area (Å²) in [5.74, 6) is 0.503. The average Bonchev–Trinajstić information content (AvgIpc) is 2.64. The van der Waals surface area contributed by atoms with E-state index in [1.165, 1.54) is 7.05 Å². The molecular weight excluding hydrogens is 352 g/mol. The van der Waals surface area contributed by atoms with Crippen molar-refractivity contribution in [3.8, 4) is 5.75 Å². The summed E-state index contributed by atoms with van der Waals surface area (Å²) in [6.45, 7) is 1.99. The molecule has 140 valence electrons. The van der Waals surface area contributed by atoms with Crippen LogP contribution in [0.5, 0.6) is 5.75 Å². The van der Waals surface area contributed by atoms with Gasteiger partial charge in [0.05, 0.1) is 25.1 Å². The van der Waals surface area contributed by atoms with Gasteiger partial charge in [0, 0.05) is 12.6 Å². The first-order valence-corrected chi connectivity index (χ1v) is 10.1. The number of sulfonamides is 1. The highest BCUT2D eigenvalue weighted by Gasteiger charge is 2.17. The molecule has 0 radical (unpaired) electrons. The fraction of sp³-hybridized carbons (Fsp3) is 0.316. The van der Waals surface area contributed by atoms with Crippen molar-refractivity contribution in [1.82, 2.24) is 5.32 Å². The second kappa shape index (κ2) is 8.23. The molecule has 0 aliphatic heterocycles. The highest BCUT2D eigenvalue weighted by atomic mass is 32.2. The van der Waals surface area contributed by atoms with Crippen molar-refractivity contribution in [2.45, 2.75) is 19.4 Å². The maximum atomic E-state index is 12.6. The molecule has 7 heteroatoms. The van der Waals surface area contributed by atoms with Gasteiger partial charge in [-0.2, -0.15) is 0 Å². The van der Waals surface area contributed by atoms with E-state index < -0.39 is 10.0 Å². The first kappa shape index (κ1) is 19.8. The zero-order chi connectivity index (χ0) is 19.3. The van der Waals surface area contributed by atoms with Crippen LogP contribution in [0.25, 0.3) is 0 Å². The summed E-state index contributed by atoms with van der Waals surface area (Å²) < 4.78 is 29.7. The van der Waals surface area contributed by atoms with E-state index in [-0.39, 0.29) is 11.9 Å². The van der Waals surface area contributed by atoms with Crippen molar-refractivity contribution in [3.05, 3.63) is 59.7 Å². The number of ether oxygens (including phenoxy) is 1. The lowest BCUT2D eigenvalue weighted by atomic mass is 10.0. The quantitative estimate of drug-likeness (QED) is 0.806. The summed E-state index contributed by atoms with van der Waals surface area (Å²) in [7, 11) is -0.323. The third-order valence-corrected chi connectivity index (χ3v) is 5.41. The lowest BCUT2D eigenvalue weighted by Gasteiger charge is -2.20. The van der Waals surface area contributed by atoms with Gasteiger partial charge in [-0.1, -0.05) is 25.1 Å². The maximum Gasteiger partial charge on any atom is 0.251 e. The Morgan fingerprint density at radius 2 is 1.85 bits per heavy atom. The molecule has 0 aliphatic rings. The number of hydrogen-bond donors (Lipinski definition) is 1. The lowest BCUT2D eigenvalue weighted by molar-refractivity contribution is 0.0935. The zero-order valence-corrected chi connectivity index (χ0v) is 16.2. The van der Waals surface area contributed by atoms with Gasteiger partial charge in [0.2, 0.25) is 10.0 Å². The van der Waals surface area contributed by atoms with E-state index in [0.29, 0.717) is 11.3 Å². The van der Waals surface area contributed by atoms with Crippen LogP contribution in [-0.4, -0.2) is 34.7 Å². The molecule has 0 bridgehead atoms. The molecule has 6 nitrogen and oxygen atoms in total. The second-order valence-electron chi connectivity index (χ2n) is 5.99. The van der Waals surface area contributed by atoms with Crippen LogP contribution >= 0.6 is 0 Å². The number of benzene rings is 2. The second-order valence-corrected chi connectivity index (χ2v) is 8.00. The number of nitrogens with one attached hydrogen (secondary N) is 1. The van der Waals surface area contributed by atoms with E-state index >= 15 is 0 Å². The molecule has 1 amide bonds. The lowest BCUT2D eigenvalue weighted by Crippen LogP contribution is -2.29. The number of anilines is 1. The monoisotopic (exact) mass is 376 g/mol. The van der Waals surface area contributed by atoms with Crippen molar-refractivity contribution in [2.75, 3.05) is 24.7 Å². The first-order valence-electron chi connectivity index (χ1n) is 8.25. The van der Waals surface area contributed by atoms with Gasteiger partial charge in [-0.15, -0.1) is 0 Å². The highest BCUT2D eigenvalue weighted by Crippen LogP contribution is 2.22. The summed E-state index contributed by atoms with van der Waals surface area (Å²) in [5, 5.41) is 2.99. The van der Waals surface area contributed by atoms with Gasteiger partial charge in [0.1, 0.15) is 5.75 Å². The molecule has 1 unspecified atom stereocenters. The van der Waals surface area contributed by atoms with Gasteiger partial charge in [0.25, 0.3) is 5.91 Å². The number of carbonyl (C=O) groups is 1. The van der Waals surface area contributed by atoms with Gasteiger partial charge in [-0.3, -0.25) is 9.10 Å². The Bertz CT molecular complexity index is 863. The van der Waals surface area contributed by atoms with E-state index in [9.17, 15) is 13.2 Å². The Kier molecular flexibility index (Phi) is 6.26. The maximum absolute atomic E-state index is 12.6. The topological polar surface area (TPSA) is 75.7 Å². The van der Waals surface area contributed by atoms with Crippen LogP contribution in [0.4, 0.5) is 5.69 Å². The van der Waals surface area contributed by atoms with Crippen LogP contribution in [0.2, 0.25) is 0 Å². The molecule has 1 N–H and O–H groups in total. The van der Waals surface area contributed by atoms with Gasteiger partial charge in [-0.05, 0) is 42.3 Å². The van der Waals surface area contributed by atoms with E-state index in [2.05, 4.69) is 5.32 Å². The minimum atomic E-state index is -3.39. The molecule has 2 aromatic rings. The third-order valence-electron chi connectivity index (χ3n) is 4.20. The average molecular weight is 376 g/mol. The molecular formula is C19H24N2O4S. The molecule has 0 heterocycles. The highest BCUT2D eigenvalue weighted by molar-refractivity contribution is 7.92. The fourth-order valence-corrected chi connectivity index (χ4v) is 3.03. The van der Waals surface area contributed by atoms with Crippen LogP contribution in [0.15, 0.2) is 48.5 Å². The van der Waals surface area contributed by atoms with Crippen LogP contribution < -0.4 is 14.4 Å². The van der Waals surface area contributed by atoms with Gasteiger partial charge >= 0.3 is 0 Å². The van der Waals surface area contributed by atoms with Crippen molar-refractivity contribution in [1.29, 1.82) is 0 Å². The van der Waals surface area contributed by atoms with Crippen molar-refractivity contribution in [3.63, 3.8) is 0 Å². The van der Waals surface area contributed by atoms with E-state index in [0.717, 1.165) is 28.3 Å². The Labute approximate surface area is 154 Å². The standard InChI is InChI=1S/C19H24N2O4S/c1-5-18(14-9-11-17(25-3)12-10-14)20-19(22)15-7-6-8-16(13-15)21(2)26(4,23)24/h6-13,18H,5H2,1-4H3,(H,20,22). The number of nitrogens with zero attached hydrogens (tertiary/aromatic N) is 1. The number of rotatable bonds is 7. The first-order chi connectivity index (χ1) is 12.3. The number of methoxy groups -OCH3 is 1. The number of carbonyl (C=O) groups excluding carboxylic acids is 1. The Morgan fingerprint density at radius 1 is 1.19 bits per heavy atom. The van der Waals surface area contributed by atoms with Crippen LogP contribution in [-0.2, 0) is 10.0 Å². The molecule has 0 fully saturated rings. The number of hydrogen-bond acceptors (Lipinski definition) is 4. The molecule has 0 spiro atoms. The minimum Gasteiger partial charge on any atom is -0.497 e. The summed E-state index contributed by atoms with van der Waals surface area (Å²) in [5.41, 5.74) is 1.83. The Morgan fingerprint density at radius 3 is 2.38 bits per heavy atom. The summed E-state index contributed by atoms with van der Waals surface area (Å²) >= 11 is 0. The van der Waals surface area contributed by atoms with Crippen LogP contribution in [0.1, 0.15) is 35.3 Å². The van der Waals surface area contributed by atoms with E-state index in [4.69, 9.17) is 4.74 Å². The van der Waals surface area contributed by atoms with Crippen molar-refractivity contribution >= 4 is 21.6 Å². The molecule has 0 aliphatic carbocycles. The van der Waals surface area contributed by atoms with E-state index in [1.54, 1.807) is 31.4 Å². The molecule has 0 saturated heterocycles. The fourth-order valence-electron chi connectivity index (χ4n) is 2.53. The predicted octanol–water partition coefficient (Wildman–Crippen LogP) is 2.97. The molecule has 0 aromatic heterocycles. The molecule has 26 heavy (non-hydrogen) atoms. The van der Waals surface area contributed by atoms with Gasteiger partial charge in [-0.25, -0.2) is 8.42 Å². The van der Waals surface area contributed by atoms with Crippen molar-refractivity contribution < 1.29 is 17.9 Å². The summed E-state index contributed by atoms with van der Waals surface area (Å²) in [6, 6.07) is 13.9. The SMILES string of the molecule is CCC(NC(=O)c1cccc(N(C)S(C)(=O)=O)c1)c1ccc(OC)cc1. The van der Waals surface area contributed by atoms with E-state index in [1.807, 2.05) is 31.2 Å². The smallest absolute Gasteiger partial charge is 0.251 e.